The number of carbonyl (C=O) groups excluding carboxylic acids is 2. The highest BCUT2D eigenvalue weighted by atomic mass is 35.5. The maximum atomic E-state index is 14.2. The summed E-state index contributed by atoms with van der Waals surface area (Å²) in [5.74, 6) is -0.889. The molecule has 3 rings (SSSR count). The van der Waals surface area contributed by atoms with Crippen LogP contribution in [0.25, 0.3) is 0 Å². The van der Waals surface area contributed by atoms with Crippen LogP contribution in [-0.2, 0) is 26.2 Å². The molecule has 0 aliphatic heterocycles. The van der Waals surface area contributed by atoms with Crippen molar-refractivity contribution in [1.29, 1.82) is 0 Å². The zero-order valence-corrected chi connectivity index (χ0v) is 25.5. The van der Waals surface area contributed by atoms with Crippen molar-refractivity contribution in [1.82, 2.24) is 10.2 Å². The van der Waals surface area contributed by atoms with Gasteiger partial charge in [-0.3, -0.25) is 13.9 Å². The van der Waals surface area contributed by atoms with Gasteiger partial charge in [0, 0.05) is 28.7 Å². The van der Waals surface area contributed by atoms with E-state index in [9.17, 15) is 18.0 Å². The predicted octanol–water partition coefficient (Wildman–Crippen LogP) is 6.14. The molecular formula is C30H35Cl2N3O4S. The number of rotatable bonds is 12. The molecule has 0 aromatic heterocycles. The average molecular weight is 605 g/mol. The minimum atomic E-state index is -4.14. The molecule has 0 heterocycles. The van der Waals surface area contributed by atoms with Gasteiger partial charge in [-0.2, -0.15) is 0 Å². The second-order valence-electron chi connectivity index (χ2n) is 9.48. The molecule has 0 radical (unpaired) electrons. The summed E-state index contributed by atoms with van der Waals surface area (Å²) >= 11 is 12.9. The van der Waals surface area contributed by atoms with Crippen LogP contribution in [0, 0.1) is 13.8 Å². The van der Waals surface area contributed by atoms with Crippen LogP contribution in [-0.4, -0.2) is 44.3 Å². The van der Waals surface area contributed by atoms with E-state index in [0.29, 0.717) is 34.3 Å². The van der Waals surface area contributed by atoms with Crippen molar-refractivity contribution >= 4 is 50.7 Å². The fourth-order valence-corrected chi connectivity index (χ4v) is 6.39. The van der Waals surface area contributed by atoms with Crippen molar-refractivity contribution in [2.75, 3.05) is 17.4 Å². The minimum absolute atomic E-state index is 0.0529. The van der Waals surface area contributed by atoms with Gasteiger partial charge in [-0.15, -0.1) is 0 Å². The van der Waals surface area contributed by atoms with Crippen LogP contribution in [0.15, 0.2) is 71.6 Å². The lowest BCUT2D eigenvalue weighted by Gasteiger charge is -2.34. The van der Waals surface area contributed by atoms with Gasteiger partial charge in [0.15, 0.2) is 0 Å². The van der Waals surface area contributed by atoms with Gasteiger partial charge in [-0.25, -0.2) is 8.42 Å². The molecule has 40 heavy (non-hydrogen) atoms. The Morgan fingerprint density at radius 1 is 0.900 bits per heavy atom. The van der Waals surface area contributed by atoms with Gasteiger partial charge in [0.2, 0.25) is 11.8 Å². The third-order valence-corrected chi connectivity index (χ3v) is 9.26. The van der Waals surface area contributed by atoms with Crippen LogP contribution in [0.5, 0.6) is 0 Å². The van der Waals surface area contributed by atoms with E-state index in [4.69, 9.17) is 23.2 Å². The lowest BCUT2D eigenvalue weighted by Crippen LogP contribution is -2.52. The summed E-state index contributed by atoms with van der Waals surface area (Å²) < 4.78 is 29.1. The summed E-state index contributed by atoms with van der Waals surface area (Å²) in [6.07, 6.45) is 1.03. The normalized spacial score (nSPS) is 12.1. The molecule has 0 saturated carbocycles. The topological polar surface area (TPSA) is 86.8 Å². The lowest BCUT2D eigenvalue weighted by molar-refractivity contribution is -0.140. The number of nitrogens with one attached hydrogen (secondary N) is 1. The average Bonchev–Trinajstić information content (AvgIpc) is 2.94. The van der Waals surface area contributed by atoms with Crippen molar-refractivity contribution in [2.24, 2.45) is 0 Å². The van der Waals surface area contributed by atoms with Crippen LogP contribution in [0.3, 0.4) is 0 Å². The zero-order valence-electron chi connectivity index (χ0n) is 23.2. The van der Waals surface area contributed by atoms with Crippen LogP contribution < -0.4 is 9.62 Å². The van der Waals surface area contributed by atoms with E-state index < -0.39 is 28.5 Å². The summed E-state index contributed by atoms with van der Waals surface area (Å²) in [4.78, 5) is 28.8. The molecule has 7 nitrogen and oxygen atoms in total. The molecular weight excluding hydrogens is 569 g/mol. The number of amides is 2. The fraction of sp³-hybridized carbons (Fsp3) is 0.333. The minimum Gasteiger partial charge on any atom is -0.354 e. The Hall–Kier alpha value is -3.07. The Morgan fingerprint density at radius 3 is 2.12 bits per heavy atom. The molecule has 3 aromatic carbocycles. The molecule has 0 spiro atoms. The van der Waals surface area contributed by atoms with Gasteiger partial charge in [0.05, 0.1) is 10.6 Å². The highest BCUT2D eigenvalue weighted by molar-refractivity contribution is 7.92. The number of sulfonamides is 1. The molecule has 0 saturated heterocycles. The second kappa shape index (κ2) is 14.0. The van der Waals surface area contributed by atoms with E-state index in [1.165, 1.54) is 17.0 Å². The van der Waals surface area contributed by atoms with Crippen molar-refractivity contribution in [3.63, 3.8) is 0 Å². The molecule has 1 unspecified atom stereocenters. The number of hydrogen-bond acceptors (Lipinski definition) is 4. The first-order chi connectivity index (χ1) is 19.0. The van der Waals surface area contributed by atoms with Gasteiger partial charge in [0.1, 0.15) is 12.6 Å². The van der Waals surface area contributed by atoms with Crippen LogP contribution in [0.2, 0.25) is 10.0 Å². The summed E-state index contributed by atoms with van der Waals surface area (Å²) in [6.45, 7) is 7.28. The van der Waals surface area contributed by atoms with E-state index >= 15 is 0 Å². The molecule has 1 N–H and O–H groups in total. The van der Waals surface area contributed by atoms with Crippen LogP contribution in [0.4, 0.5) is 5.69 Å². The molecule has 3 aromatic rings. The number of nitrogens with zero attached hydrogens (tertiary/aromatic N) is 2. The third kappa shape index (κ3) is 7.16. The van der Waals surface area contributed by atoms with E-state index in [1.54, 1.807) is 55.5 Å². The number of benzene rings is 3. The number of carbonyl (C=O) groups is 2. The van der Waals surface area contributed by atoms with Crippen molar-refractivity contribution in [2.45, 2.75) is 58.0 Å². The molecule has 2 amide bonds. The summed E-state index contributed by atoms with van der Waals surface area (Å²) in [6, 6.07) is 17.4. The Labute approximate surface area is 247 Å². The van der Waals surface area contributed by atoms with Crippen molar-refractivity contribution in [3.05, 3.63) is 93.5 Å². The molecule has 10 heteroatoms. The van der Waals surface area contributed by atoms with Crippen LogP contribution >= 0.6 is 23.2 Å². The Balaban J connectivity index is 2.12. The lowest BCUT2D eigenvalue weighted by atomic mass is 10.1. The standard InChI is InChI=1S/C30H35Cl2N3O4S/c1-5-18-33-30(37)27(6-2)34(19-24-25(31)15-11-16-26(24)32)29(36)20-35(28-17-10-12-21(3)22(28)4)40(38,39)23-13-8-7-9-14-23/h7-17,27H,5-6,18-20H2,1-4H3,(H,33,37). The molecule has 0 fully saturated rings. The number of anilines is 1. The first-order valence-electron chi connectivity index (χ1n) is 13.2. The fourth-order valence-electron chi connectivity index (χ4n) is 4.38. The molecule has 0 bridgehead atoms. The maximum absolute atomic E-state index is 14.2. The van der Waals surface area contributed by atoms with E-state index in [2.05, 4.69) is 5.32 Å². The highest BCUT2D eigenvalue weighted by Gasteiger charge is 2.34. The number of aryl methyl sites for hydroxylation is 1. The summed E-state index contributed by atoms with van der Waals surface area (Å²) in [5.41, 5.74) is 2.47. The molecule has 0 aliphatic carbocycles. The largest absolute Gasteiger partial charge is 0.354 e. The van der Waals surface area contributed by atoms with Crippen molar-refractivity contribution < 1.29 is 18.0 Å². The van der Waals surface area contributed by atoms with Crippen molar-refractivity contribution in [3.8, 4) is 0 Å². The SMILES string of the molecule is CCCNC(=O)C(CC)N(Cc1c(Cl)cccc1Cl)C(=O)CN(c1cccc(C)c1C)S(=O)(=O)c1ccccc1. The van der Waals surface area contributed by atoms with Gasteiger partial charge in [0.25, 0.3) is 10.0 Å². The van der Waals surface area contributed by atoms with Gasteiger partial charge >= 0.3 is 0 Å². The Bertz CT molecular complexity index is 1430. The summed E-state index contributed by atoms with van der Waals surface area (Å²) in [7, 11) is -4.14. The quantitative estimate of drug-likeness (QED) is 0.269. The number of hydrogen-bond donors (Lipinski definition) is 1. The highest BCUT2D eigenvalue weighted by Crippen LogP contribution is 2.30. The predicted molar refractivity (Wildman–Crippen MR) is 161 cm³/mol. The third-order valence-electron chi connectivity index (χ3n) is 6.78. The van der Waals surface area contributed by atoms with Gasteiger partial charge in [-0.05, 0) is 68.1 Å². The first-order valence-corrected chi connectivity index (χ1v) is 15.4. The van der Waals surface area contributed by atoms with E-state index in [1.807, 2.05) is 26.8 Å². The first kappa shape index (κ1) is 31.5. The Morgan fingerprint density at radius 2 is 1.52 bits per heavy atom. The molecule has 0 aliphatic rings. The van der Waals surface area contributed by atoms with Gasteiger partial charge in [-0.1, -0.05) is 73.4 Å². The molecule has 1 atom stereocenters. The van der Waals surface area contributed by atoms with Crippen LogP contribution in [0.1, 0.15) is 43.4 Å². The van der Waals surface area contributed by atoms with E-state index in [0.717, 1.165) is 21.9 Å². The summed E-state index contributed by atoms with van der Waals surface area (Å²) in [5, 5.41) is 3.55. The Kier molecular flexibility index (Phi) is 11.0. The second-order valence-corrected chi connectivity index (χ2v) is 12.2. The zero-order chi connectivity index (χ0) is 29.4. The van der Waals surface area contributed by atoms with E-state index in [-0.39, 0.29) is 17.3 Å². The van der Waals surface area contributed by atoms with Gasteiger partial charge < -0.3 is 10.2 Å². The monoisotopic (exact) mass is 603 g/mol. The smallest absolute Gasteiger partial charge is 0.264 e. The number of halogens is 2. The molecule has 214 valence electrons. The maximum Gasteiger partial charge on any atom is 0.264 e.